The van der Waals surface area contributed by atoms with Crippen LogP contribution in [0.25, 0.3) is 0 Å². The summed E-state index contributed by atoms with van der Waals surface area (Å²) in [7, 11) is 1.94. The van der Waals surface area contributed by atoms with Gasteiger partial charge in [0.25, 0.3) is 0 Å². The third-order valence-electron chi connectivity index (χ3n) is 8.26. The van der Waals surface area contributed by atoms with Crippen LogP contribution in [0.4, 0.5) is 4.79 Å². The zero-order valence-corrected chi connectivity index (χ0v) is 23.1. The Balaban J connectivity index is 1.68. The summed E-state index contributed by atoms with van der Waals surface area (Å²) in [5, 5.41) is 28.9. The standard InChI is InChI=1S/C29H48ClN3O3/c1-22(34)10-6-7-16-29(36,24-13-8-15-26(30)19-24)25-14-9-17-33(21-25)28(35)32-27(20-31-2)18-23-11-4-3-5-12-23/h8,13,15,19,22-23,25,27,31,34,36H,3-7,9-12,14,16-18,20-21H2,1-2H3,(H,32,35). The Morgan fingerprint density at radius 3 is 2.67 bits per heavy atom. The Morgan fingerprint density at radius 2 is 1.97 bits per heavy atom. The summed E-state index contributed by atoms with van der Waals surface area (Å²) in [5.74, 6) is 0.629. The molecule has 0 aromatic heterocycles. The van der Waals surface area contributed by atoms with Gasteiger partial charge in [0, 0.05) is 36.6 Å². The lowest BCUT2D eigenvalue weighted by molar-refractivity contribution is -0.0561. The highest BCUT2D eigenvalue weighted by Gasteiger charge is 2.41. The van der Waals surface area contributed by atoms with Crippen molar-refractivity contribution in [3.8, 4) is 0 Å². The van der Waals surface area contributed by atoms with E-state index in [2.05, 4.69) is 10.6 Å². The third kappa shape index (κ3) is 8.61. The molecule has 2 aliphatic rings. The predicted molar refractivity (Wildman–Crippen MR) is 147 cm³/mol. The maximum Gasteiger partial charge on any atom is 0.317 e. The van der Waals surface area contributed by atoms with Crippen molar-refractivity contribution in [1.82, 2.24) is 15.5 Å². The van der Waals surface area contributed by atoms with Gasteiger partial charge in [-0.2, -0.15) is 0 Å². The predicted octanol–water partition coefficient (Wildman–Crippen LogP) is 5.45. The van der Waals surface area contributed by atoms with E-state index in [1.54, 1.807) is 6.92 Å². The number of hydrogen-bond donors (Lipinski definition) is 4. The Kier molecular flexibility index (Phi) is 11.8. The summed E-state index contributed by atoms with van der Waals surface area (Å²) in [6, 6.07) is 7.64. The molecule has 3 rings (SSSR count). The summed E-state index contributed by atoms with van der Waals surface area (Å²) in [6.07, 6.45) is 11.9. The Bertz CT molecular complexity index is 802. The first-order valence-corrected chi connectivity index (χ1v) is 14.6. The lowest BCUT2D eigenvalue weighted by Gasteiger charge is -2.43. The summed E-state index contributed by atoms with van der Waals surface area (Å²) < 4.78 is 0. The Labute approximate surface area is 223 Å². The highest BCUT2D eigenvalue weighted by molar-refractivity contribution is 6.30. The number of carbonyl (C=O) groups is 1. The average Bonchev–Trinajstić information content (AvgIpc) is 2.87. The van der Waals surface area contributed by atoms with Crippen molar-refractivity contribution in [3.63, 3.8) is 0 Å². The fourth-order valence-corrected chi connectivity index (χ4v) is 6.45. The van der Waals surface area contributed by atoms with Gasteiger partial charge in [-0.15, -0.1) is 0 Å². The van der Waals surface area contributed by atoms with E-state index in [4.69, 9.17) is 11.6 Å². The first-order valence-electron chi connectivity index (χ1n) is 14.2. The fraction of sp³-hybridized carbons (Fsp3) is 0.759. The number of benzene rings is 1. The van der Waals surface area contributed by atoms with Crippen LogP contribution >= 0.6 is 11.6 Å². The normalized spacial score (nSPS) is 22.6. The largest absolute Gasteiger partial charge is 0.393 e. The molecule has 0 bridgehead atoms. The molecule has 2 amide bonds. The van der Waals surface area contributed by atoms with Crippen molar-refractivity contribution in [2.45, 2.75) is 102 Å². The number of hydrogen-bond acceptors (Lipinski definition) is 4. The second kappa shape index (κ2) is 14.6. The number of nitrogens with one attached hydrogen (secondary N) is 2. The molecular formula is C29H48ClN3O3. The Hall–Kier alpha value is -1.34. The molecule has 1 aliphatic carbocycles. The van der Waals surface area contributed by atoms with Gasteiger partial charge in [-0.25, -0.2) is 4.79 Å². The zero-order valence-electron chi connectivity index (χ0n) is 22.4. The van der Waals surface area contributed by atoms with Crippen LogP contribution < -0.4 is 10.6 Å². The van der Waals surface area contributed by atoms with Gasteiger partial charge in [0.05, 0.1) is 11.7 Å². The fourth-order valence-electron chi connectivity index (χ4n) is 6.26. The second-order valence-corrected chi connectivity index (χ2v) is 11.7. The molecule has 4 unspecified atom stereocenters. The van der Waals surface area contributed by atoms with Crippen molar-refractivity contribution in [1.29, 1.82) is 0 Å². The van der Waals surface area contributed by atoms with Crippen LogP contribution in [0.15, 0.2) is 24.3 Å². The molecule has 4 atom stereocenters. The average molecular weight is 522 g/mol. The van der Waals surface area contributed by atoms with Gasteiger partial charge in [-0.1, -0.05) is 68.7 Å². The molecule has 7 heteroatoms. The number of amides is 2. The number of likely N-dealkylation sites (N-methyl/N-ethyl adjacent to an activating group) is 1. The number of urea groups is 1. The van der Waals surface area contributed by atoms with Gasteiger partial charge in [-0.05, 0) is 69.7 Å². The van der Waals surface area contributed by atoms with Crippen LogP contribution in [0, 0.1) is 11.8 Å². The van der Waals surface area contributed by atoms with Crippen molar-refractivity contribution in [3.05, 3.63) is 34.9 Å². The van der Waals surface area contributed by atoms with Crippen LogP contribution in [0.1, 0.15) is 89.5 Å². The minimum Gasteiger partial charge on any atom is -0.393 e. The van der Waals surface area contributed by atoms with Crippen LogP contribution in [0.2, 0.25) is 5.02 Å². The first kappa shape index (κ1) is 29.2. The number of piperidine rings is 1. The summed E-state index contributed by atoms with van der Waals surface area (Å²) >= 11 is 6.31. The molecule has 0 radical (unpaired) electrons. The van der Waals surface area contributed by atoms with E-state index in [1.807, 2.05) is 36.2 Å². The van der Waals surface area contributed by atoms with Crippen LogP contribution in [0.5, 0.6) is 0 Å². The van der Waals surface area contributed by atoms with E-state index >= 15 is 0 Å². The lowest BCUT2D eigenvalue weighted by atomic mass is 9.74. The molecule has 1 saturated heterocycles. The van der Waals surface area contributed by atoms with E-state index in [1.165, 1.54) is 32.1 Å². The van der Waals surface area contributed by atoms with E-state index in [0.29, 0.717) is 30.5 Å². The molecule has 2 fully saturated rings. The molecular weight excluding hydrogens is 474 g/mol. The molecule has 1 aromatic rings. The smallest absolute Gasteiger partial charge is 0.317 e. The number of carbonyl (C=O) groups excluding carboxylic acids is 1. The molecule has 204 valence electrons. The maximum absolute atomic E-state index is 13.4. The van der Waals surface area contributed by atoms with Crippen LogP contribution in [-0.4, -0.2) is 60.0 Å². The number of nitrogens with zero attached hydrogens (tertiary/aromatic N) is 1. The second-order valence-electron chi connectivity index (χ2n) is 11.3. The number of unbranched alkanes of at least 4 members (excludes halogenated alkanes) is 1. The molecule has 6 nitrogen and oxygen atoms in total. The van der Waals surface area contributed by atoms with Gasteiger partial charge >= 0.3 is 6.03 Å². The van der Waals surface area contributed by atoms with Crippen molar-refractivity contribution in [2.75, 3.05) is 26.7 Å². The highest BCUT2D eigenvalue weighted by atomic mass is 35.5. The quantitative estimate of drug-likeness (QED) is 0.276. The number of aliphatic hydroxyl groups excluding tert-OH is 1. The van der Waals surface area contributed by atoms with Crippen LogP contribution in [0.3, 0.4) is 0 Å². The molecule has 36 heavy (non-hydrogen) atoms. The van der Waals surface area contributed by atoms with E-state index in [9.17, 15) is 15.0 Å². The number of halogens is 1. The summed E-state index contributed by atoms with van der Waals surface area (Å²) in [4.78, 5) is 15.3. The van der Waals surface area contributed by atoms with E-state index in [-0.39, 0.29) is 24.1 Å². The molecule has 4 N–H and O–H groups in total. The molecule has 1 aliphatic heterocycles. The Morgan fingerprint density at radius 1 is 1.19 bits per heavy atom. The monoisotopic (exact) mass is 521 g/mol. The SMILES string of the molecule is CNCC(CC1CCCCC1)NC(=O)N1CCCC(C(O)(CCCCC(C)O)c2cccc(Cl)c2)C1. The summed E-state index contributed by atoms with van der Waals surface area (Å²) in [5.41, 5.74) is -0.237. The van der Waals surface area contributed by atoms with Crippen LogP contribution in [-0.2, 0) is 5.60 Å². The highest BCUT2D eigenvalue weighted by Crippen LogP contribution is 2.40. The van der Waals surface area contributed by atoms with E-state index in [0.717, 1.165) is 50.6 Å². The topological polar surface area (TPSA) is 84.8 Å². The van der Waals surface area contributed by atoms with Gasteiger partial charge < -0.3 is 25.7 Å². The van der Waals surface area contributed by atoms with Gasteiger partial charge in [-0.3, -0.25) is 0 Å². The lowest BCUT2D eigenvalue weighted by Crippen LogP contribution is -2.54. The number of likely N-dealkylation sites (tertiary alicyclic amines) is 1. The number of rotatable bonds is 12. The van der Waals surface area contributed by atoms with Crippen molar-refractivity contribution in [2.24, 2.45) is 11.8 Å². The maximum atomic E-state index is 13.4. The van der Waals surface area contributed by atoms with Gasteiger partial charge in [0.15, 0.2) is 0 Å². The van der Waals surface area contributed by atoms with Crippen molar-refractivity contribution >= 4 is 17.6 Å². The third-order valence-corrected chi connectivity index (χ3v) is 8.49. The zero-order chi connectivity index (χ0) is 26.0. The molecule has 1 heterocycles. The molecule has 1 aromatic carbocycles. The van der Waals surface area contributed by atoms with E-state index < -0.39 is 5.60 Å². The van der Waals surface area contributed by atoms with Crippen molar-refractivity contribution < 1.29 is 15.0 Å². The minimum absolute atomic E-state index is 0.0155. The molecule has 1 saturated carbocycles. The summed E-state index contributed by atoms with van der Waals surface area (Å²) in [6.45, 7) is 3.82. The number of aliphatic hydroxyl groups is 2. The first-order chi connectivity index (χ1) is 17.3. The van der Waals surface area contributed by atoms with Gasteiger partial charge in [0.1, 0.15) is 0 Å². The van der Waals surface area contributed by atoms with Gasteiger partial charge in [0.2, 0.25) is 0 Å². The minimum atomic E-state index is -1.06. The molecule has 0 spiro atoms.